The molecule has 1 aliphatic heterocycles. The highest BCUT2D eigenvalue weighted by molar-refractivity contribution is 6.02. The van der Waals surface area contributed by atoms with E-state index in [-0.39, 0.29) is 47.1 Å². The smallest absolute Gasteiger partial charge is 0.387 e. The number of nitrogens with zero attached hydrogens (tertiary/aromatic N) is 3. The van der Waals surface area contributed by atoms with Crippen LogP contribution in [0.4, 0.5) is 8.78 Å². The van der Waals surface area contributed by atoms with Crippen molar-refractivity contribution in [1.82, 2.24) is 14.3 Å². The van der Waals surface area contributed by atoms with Gasteiger partial charge in [-0.1, -0.05) is 0 Å². The number of alkyl halides is 2. The van der Waals surface area contributed by atoms with E-state index >= 15 is 0 Å². The van der Waals surface area contributed by atoms with Gasteiger partial charge in [0.1, 0.15) is 35.1 Å². The van der Waals surface area contributed by atoms with E-state index in [1.165, 1.54) is 20.3 Å². The van der Waals surface area contributed by atoms with Crippen LogP contribution in [-0.2, 0) is 9.53 Å². The molecule has 38 heavy (non-hydrogen) atoms. The maximum Gasteiger partial charge on any atom is 0.387 e. The summed E-state index contributed by atoms with van der Waals surface area (Å²) in [6.07, 6.45) is 5.57. The number of halogens is 2. The molecule has 1 aromatic carbocycles. The summed E-state index contributed by atoms with van der Waals surface area (Å²) in [6.45, 7) is -0.655. The molecule has 1 aliphatic carbocycles. The number of aromatic nitrogens is 2. The lowest BCUT2D eigenvalue weighted by atomic mass is 10.00. The fourth-order valence-corrected chi connectivity index (χ4v) is 4.67. The molecule has 5 rings (SSSR count). The third kappa shape index (κ3) is 5.57. The van der Waals surface area contributed by atoms with Crippen molar-refractivity contribution < 1.29 is 37.3 Å². The second kappa shape index (κ2) is 10.9. The van der Waals surface area contributed by atoms with Crippen LogP contribution in [0.5, 0.6) is 17.2 Å². The standard InChI is InChI=1S/C27H29F2N3O6/c1-35-22-10-17(11-23(38-27(28)29)25(22)21(33)9-16-3-4-16)20-13-30-24-12-19(5-6-32(20)24)37-8-7-31-14-18(15-31)26(34)36-2/h5-6,10-13,16,18,27H,3-4,7-9,14-15H2,1-2H3. The van der Waals surface area contributed by atoms with Crippen molar-refractivity contribution in [3.63, 3.8) is 0 Å². The highest BCUT2D eigenvalue weighted by Gasteiger charge is 2.33. The zero-order valence-corrected chi connectivity index (χ0v) is 21.2. The van der Waals surface area contributed by atoms with Crippen molar-refractivity contribution in [2.24, 2.45) is 11.8 Å². The Kier molecular flexibility index (Phi) is 7.46. The SMILES string of the molecule is COC(=O)C1CN(CCOc2ccn3c(-c4cc(OC)c(C(=O)CC5CC5)c(OC(F)F)c4)cnc3c2)C1. The van der Waals surface area contributed by atoms with Crippen LogP contribution in [0.25, 0.3) is 16.9 Å². The summed E-state index contributed by atoms with van der Waals surface area (Å²) in [4.78, 5) is 30.9. The van der Waals surface area contributed by atoms with E-state index in [1.54, 1.807) is 35.0 Å². The number of imidazole rings is 1. The number of hydrogen-bond donors (Lipinski definition) is 0. The molecule has 0 bridgehead atoms. The van der Waals surface area contributed by atoms with E-state index in [4.69, 9.17) is 18.9 Å². The van der Waals surface area contributed by atoms with Crippen LogP contribution < -0.4 is 14.2 Å². The third-order valence-electron chi connectivity index (χ3n) is 6.90. The second-order valence-electron chi connectivity index (χ2n) is 9.56. The first-order valence-electron chi connectivity index (χ1n) is 12.5. The molecule has 2 aromatic heterocycles. The first-order valence-corrected chi connectivity index (χ1v) is 12.5. The Morgan fingerprint density at radius 3 is 2.58 bits per heavy atom. The molecule has 0 amide bonds. The predicted molar refractivity (Wildman–Crippen MR) is 133 cm³/mol. The lowest BCUT2D eigenvalue weighted by Gasteiger charge is -2.37. The average Bonchev–Trinajstić information content (AvgIpc) is 3.59. The van der Waals surface area contributed by atoms with E-state index in [0.717, 1.165) is 12.8 Å². The summed E-state index contributed by atoms with van der Waals surface area (Å²) < 4.78 is 49.1. The molecule has 2 fully saturated rings. The maximum atomic E-state index is 13.3. The number of carbonyl (C=O) groups is 2. The van der Waals surface area contributed by atoms with Crippen LogP contribution in [0.1, 0.15) is 29.6 Å². The number of ether oxygens (including phenoxy) is 4. The lowest BCUT2D eigenvalue weighted by molar-refractivity contribution is -0.151. The van der Waals surface area contributed by atoms with Gasteiger partial charge >= 0.3 is 12.6 Å². The molecular weight excluding hydrogens is 500 g/mol. The van der Waals surface area contributed by atoms with Crippen LogP contribution in [-0.4, -0.2) is 73.1 Å². The molecule has 1 saturated heterocycles. The number of esters is 1. The van der Waals surface area contributed by atoms with E-state index in [0.29, 0.717) is 48.9 Å². The Labute approximate surface area is 218 Å². The Bertz CT molecular complexity index is 1330. The van der Waals surface area contributed by atoms with Gasteiger partial charge in [-0.2, -0.15) is 8.78 Å². The first kappa shape index (κ1) is 25.9. The van der Waals surface area contributed by atoms with Crippen molar-refractivity contribution in [3.8, 4) is 28.5 Å². The van der Waals surface area contributed by atoms with Crippen LogP contribution in [0, 0.1) is 11.8 Å². The van der Waals surface area contributed by atoms with E-state index < -0.39 is 6.61 Å². The maximum absolute atomic E-state index is 13.3. The minimum atomic E-state index is -3.09. The van der Waals surface area contributed by atoms with Crippen molar-refractivity contribution >= 4 is 17.4 Å². The molecule has 9 nitrogen and oxygen atoms in total. The lowest BCUT2D eigenvalue weighted by Crippen LogP contribution is -2.51. The molecule has 0 unspecified atom stereocenters. The molecule has 0 spiro atoms. The summed E-state index contributed by atoms with van der Waals surface area (Å²) in [5, 5.41) is 0. The Hall–Kier alpha value is -3.73. The van der Waals surface area contributed by atoms with Gasteiger partial charge in [0.15, 0.2) is 5.78 Å². The first-order chi connectivity index (χ1) is 18.4. The van der Waals surface area contributed by atoms with Gasteiger partial charge in [-0.15, -0.1) is 0 Å². The third-order valence-corrected chi connectivity index (χ3v) is 6.90. The Morgan fingerprint density at radius 2 is 1.89 bits per heavy atom. The number of rotatable bonds is 12. The molecule has 202 valence electrons. The highest BCUT2D eigenvalue weighted by atomic mass is 19.3. The highest BCUT2D eigenvalue weighted by Crippen LogP contribution is 2.40. The minimum absolute atomic E-state index is 0.0352. The van der Waals surface area contributed by atoms with Crippen LogP contribution in [0.15, 0.2) is 36.7 Å². The normalized spacial score (nSPS) is 15.9. The van der Waals surface area contributed by atoms with Crippen molar-refractivity contribution in [2.75, 3.05) is 40.5 Å². The number of fused-ring (bicyclic) bond motifs is 1. The molecule has 0 atom stereocenters. The zero-order valence-electron chi connectivity index (χ0n) is 21.2. The number of Topliss-reactive ketones (excluding diaryl/α,β-unsaturated/α-hetero) is 1. The number of benzene rings is 1. The fraction of sp³-hybridized carbons (Fsp3) is 0.444. The number of carbonyl (C=O) groups excluding carboxylic acids is 2. The molecule has 1 saturated carbocycles. The van der Waals surface area contributed by atoms with Crippen LogP contribution in [0.2, 0.25) is 0 Å². The van der Waals surface area contributed by atoms with Gasteiger partial charge < -0.3 is 18.9 Å². The number of likely N-dealkylation sites (tertiary alicyclic amines) is 1. The Morgan fingerprint density at radius 1 is 1.13 bits per heavy atom. The minimum Gasteiger partial charge on any atom is -0.496 e. The van der Waals surface area contributed by atoms with Crippen molar-refractivity contribution in [3.05, 3.63) is 42.2 Å². The van der Waals surface area contributed by atoms with Gasteiger partial charge in [-0.3, -0.25) is 18.9 Å². The predicted octanol–water partition coefficient (Wildman–Crippen LogP) is 4.08. The fourth-order valence-electron chi connectivity index (χ4n) is 4.67. The summed E-state index contributed by atoms with van der Waals surface area (Å²) in [5.74, 6) is 0.340. The molecule has 0 N–H and O–H groups in total. The molecule has 11 heteroatoms. The van der Waals surface area contributed by atoms with Gasteiger partial charge in [0.25, 0.3) is 0 Å². The summed E-state index contributed by atoms with van der Waals surface area (Å²) >= 11 is 0. The summed E-state index contributed by atoms with van der Waals surface area (Å²) in [6, 6.07) is 6.63. The number of ketones is 1. The molecule has 2 aliphatic rings. The molecular formula is C27H29F2N3O6. The van der Waals surface area contributed by atoms with Gasteiger partial charge in [-0.05, 0) is 37.0 Å². The molecule has 0 radical (unpaired) electrons. The second-order valence-corrected chi connectivity index (χ2v) is 9.56. The molecule has 3 aromatic rings. The topological polar surface area (TPSA) is 91.6 Å². The van der Waals surface area contributed by atoms with Gasteiger partial charge in [-0.25, -0.2) is 4.98 Å². The Balaban J connectivity index is 1.33. The van der Waals surface area contributed by atoms with E-state index in [1.807, 2.05) is 0 Å². The van der Waals surface area contributed by atoms with E-state index in [2.05, 4.69) is 9.88 Å². The van der Waals surface area contributed by atoms with Crippen molar-refractivity contribution in [2.45, 2.75) is 25.9 Å². The van der Waals surface area contributed by atoms with Gasteiger partial charge in [0, 0.05) is 43.9 Å². The van der Waals surface area contributed by atoms with Crippen molar-refractivity contribution in [1.29, 1.82) is 0 Å². The van der Waals surface area contributed by atoms with Gasteiger partial charge in [0.05, 0.1) is 32.0 Å². The number of methoxy groups -OCH3 is 2. The molecule has 3 heterocycles. The number of pyridine rings is 1. The summed E-state index contributed by atoms with van der Waals surface area (Å²) in [7, 11) is 2.79. The quantitative estimate of drug-likeness (QED) is 0.256. The zero-order chi connectivity index (χ0) is 26.8. The van der Waals surface area contributed by atoms with E-state index in [9.17, 15) is 18.4 Å². The largest absolute Gasteiger partial charge is 0.496 e. The number of hydrogen-bond acceptors (Lipinski definition) is 8. The average molecular weight is 530 g/mol. The monoisotopic (exact) mass is 529 g/mol. The van der Waals surface area contributed by atoms with Crippen LogP contribution in [0.3, 0.4) is 0 Å². The van der Waals surface area contributed by atoms with Gasteiger partial charge in [0.2, 0.25) is 0 Å². The van der Waals surface area contributed by atoms with Crippen LogP contribution >= 0.6 is 0 Å². The summed E-state index contributed by atoms with van der Waals surface area (Å²) in [5.41, 5.74) is 1.75.